The predicted octanol–water partition coefficient (Wildman–Crippen LogP) is 1.11. The van der Waals surface area contributed by atoms with E-state index in [9.17, 15) is 4.79 Å². The monoisotopic (exact) mass is 283 g/mol. The van der Waals surface area contributed by atoms with Crippen molar-refractivity contribution in [3.63, 3.8) is 0 Å². The Morgan fingerprint density at radius 1 is 1.58 bits per heavy atom. The number of carbonyl (C=O) groups is 1. The zero-order chi connectivity index (χ0) is 8.97. The third kappa shape index (κ3) is 3.26. The summed E-state index contributed by atoms with van der Waals surface area (Å²) in [6, 6.07) is 0.337. The SMILES string of the molecule is CC(I)C(=O)NC1CCOCC1. The molecule has 70 valence electrons. The van der Waals surface area contributed by atoms with Gasteiger partial charge in [-0.15, -0.1) is 0 Å². The Morgan fingerprint density at radius 3 is 2.67 bits per heavy atom. The van der Waals surface area contributed by atoms with Gasteiger partial charge < -0.3 is 10.1 Å². The molecule has 1 aliphatic heterocycles. The first-order valence-corrected chi connectivity index (χ1v) is 5.47. The van der Waals surface area contributed by atoms with Crippen LogP contribution in [0.15, 0.2) is 0 Å². The van der Waals surface area contributed by atoms with Crippen LogP contribution in [-0.4, -0.2) is 29.1 Å². The maximum atomic E-state index is 11.3. The van der Waals surface area contributed by atoms with Crippen LogP contribution in [0.4, 0.5) is 0 Å². The van der Waals surface area contributed by atoms with Crippen LogP contribution in [0.5, 0.6) is 0 Å². The Labute approximate surface area is 86.4 Å². The Kier molecular flexibility index (Phi) is 4.28. The lowest BCUT2D eigenvalue weighted by atomic mass is 10.1. The molecule has 12 heavy (non-hydrogen) atoms. The molecule has 0 aromatic carbocycles. The highest BCUT2D eigenvalue weighted by atomic mass is 127. The van der Waals surface area contributed by atoms with Gasteiger partial charge in [0.1, 0.15) is 0 Å². The van der Waals surface area contributed by atoms with Gasteiger partial charge in [-0.1, -0.05) is 22.6 Å². The number of alkyl halides is 1. The largest absolute Gasteiger partial charge is 0.381 e. The van der Waals surface area contributed by atoms with Crippen LogP contribution in [0, 0.1) is 0 Å². The third-order valence-electron chi connectivity index (χ3n) is 1.93. The second-order valence-electron chi connectivity index (χ2n) is 3.01. The summed E-state index contributed by atoms with van der Waals surface area (Å²) in [4.78, 5) is 11.3. The van der Waals surface area contributed by atoms with Crippen LogP contribution in [0.1, 0.15) is 19.8 Å². The molecule has 1 unspecified atom stereocenters. The highest BCUT2D eigenvalue weighted by Crippen LogP contribution is 2.07. The molecule has 1 saturated heterocycles. The Balaban J connectivity index is 2.24. The second-order valence-corrected chi connectivity index (χ2v) is 4.88. The van der Waals surface area contributed by atoms with E-state index < -0.39 is 0 Å². The summed E-state index contributed by atoms with van der Waals surface area (Å²) in [6.45, 7) is 3.45. The van der Waals surface area contributed by atoms with Gasteiger partial charge >= 0.3 is 0 Å². The number of ether oxygens (including phenoxy) is 1. The van der Waals surface area contributed by atoms with E-state index in [1.54, 1.807) is 0 Å². The fourth-order valence-electron chi connectivity index (χ4n) is 1.16. The van der Waals surface area contributed by atoms with Gasteiger partial charge in [-0.2, -0.15) is 0 Å². The number of halogens is 1. The summed E-state index contributed by atoms with van der Waals surface area (Å²) >= 11 is 2.12. The molecule has 0 aliphatic carbocycles. The first kappa shape index (κ1) is 10.2. The fourth-order valence-corrected chi connectivity index (χ4v) is 1.34. The molecule has 4 heteroatoms. The van der Waals surface area contributed by atoms with Crippen molar-refractivity contribution in [2.24, 2.45) is 0 Å². The minimum atomic E-state index is 0.0606. The van der Waals surface area contributed by atoms with Gasteiger partial charge in [0.05, 0.1) is 3.92 Å². The maximum absolute atomic E-state index is 11.3. The van der Waals surface area contributed by atoms with Crippen molar-refractivity contribution in [2.75, 3.05) is 13.2 Å². The van der Waals surface area contributed by atoms with E-state index in [1.807, 2.05) is 6.92 Å². The van der Waals surface area contributed by atoms with E-state index in [0.717, 1.165) is 26.1 Å². The van der Waals surface area contributed by atoms with Crippen LogP contribution >= 0.6 is 22.6 Å². The molecule has 0 spiro atoms. The summed E-state index contributed by atoms with van der Waals surface area (Å²) in [5, 5.41) is 2.99. The average Bonchev–Trinajstić information content (AvgIpc) is 2.06. The fraction of sp³-hybridized carbons (Fsp3) is 0.875. The number of carbonyl (C=O) groups excluding carboxylic acids is 1. The average molecular weight is 283 g/mol. The van der Waals surface area contributed by atoms with Gasteiger partial charge in [0.25, 0.3) is 0 Å². The summed E-state index contributed by atoms with van der Waals surface area (Å²) in [5.41, 5.74) is 0. The number of hydrogen-bond donors (Lipinski definition) is 1. The number of hydrogen-bond acceptors (Lipinski definition) is 2. The zero-order valence-electron chi connectivity index (χ0n) is 7.18. The molecule has 0 aromatic rings. The van der Waals surface area contributed by atoms with Gasteiger partial charge in [-0.05, 0) is 19.8 Å². The molecule has 0 saturated carbocycles. The topological polar surface area (TPSA) is 38.3 Å². The summed E-state index contributed by atoms with van der Waals surface area (Å²) in [7, 11) is 0. The van der Waals surface area contributed by atoms with Gasteiger partial charge in [-0.3, -0.25) is 4.79 Å². The first-order valence-electron chi connectivity index (χ1n) is 4.22. The van der Waals surface area contributed by atoms with Crippen molar-refractivity contribution in [3.8, 4) is 0 Å². The minimum absolute atomic E-state index is 0.0606. The van der Waals surface area contributed by atoms with Crippen molar-refractivity contribution in [2.45, 2.75) is 29.7 Å². The molecule has 1 amide bonds. The summed E-state index contributed by atoms with van der Waals surface area (Å²) in [5.74, 6) is 0.141. The molecular formula is C8H14INO2. The Hall–Kier alpha value is 0.160. The zero-order valence-corrected chi connectivity index (χ0v) is 9.34. The first-order chi connectivity index (χ1) is 5.70. The van der Waals surface area contributed by atoms with Crippen molar-refractivity contribution in [1.29, 1.82) is 0 Å². The molecule has 1 aliphatic rings. The quantitative estimate of drug-likeness (QED) is 0.609. The van der Waals surface area contributed by atoms with Crippen molar-refractivity contribution in [3.05, 3.63) is 0 Å². The molecule has 1 N–H and O–H groups in total. The summed E-state index contributed by atoms with van der Waals surface area (Å²) < 4.78 is 5.25. The third-order valence-corrected chi connectivity index (χ3v) is 2.49. The molecule has 0 radical (unpaired) electrons. The lowest BCUT2D eigenvalue weighted by Crippen LogP contribution is -2.41. The van der Waals surface area contributed by atoms with E-state index in [1.165, 1.54) is 0 Å². The Bertz CT molecular complexity index is 155. The van der Waals surface area contributed by atoms with Gasteiger partial charge in [0, 0.05) is 19.3 Å². The standard InChI is InChI=1S/C8H14INO2/c1-6(9)8(11)10-7-2-4-12-5-3-7/h6-7H,2-5H2,1H3,(H,10,11). The van der Waals surface area contributed by atoms with Crippen molar-refractivity contribution >= 4 is 28.5 Å². The van der Waals surface area contributed by atoms with Crippen LogP contribution in [0.25, 0.3) is 0 Å². The van der Waals surface area contributed by atoms with E-state index in [2.05, 4.69) is 27.9 Å². The molecule has 1 fully saturated rings. The second kappa shape index (κ2) is 5.01. The molecule has 1 rings (SSSR count). The van der Waals surface area contributed by atoms with Crippen LogP contribution < -0.4 is 5.32 Å². The normalized spacial score (nSPS) is 21.8. The predicted molar refractivity (Wildman–Crippen MR) is 55.5 cm³/mol. The van der Waals surface area contributed by atoms with Crippen molar-refractivity contribution < 1.29 is 9.53 Å². The lowest BCUT2D eigenvalue weighted by molar-refractivity contribution is -0.121. The Morgan fingerprint density at radius 2 is 2.17 bits per heavy atom. The van der Waals surface area contributed by atoms with Crippen LogP contribution in [0.2, 0.25) is 0 Å². The summed E-state index contributed by atoms with van der Waals surface area (Å²) in [6.07, 6.45) is 1.91. The highest BCUT2D eigenvalue weighted by molar-refractivity contribution is 14.1. The highest BCUT2D eigenvalue weighted by Gasteiger charge is 2.17. The molecule has 0 aromatic heterocycles. The molecule has 0 bridgehead atoms. The van der Waals surface area contributed by atoms with Crippen LogP contribution in [0.3, 0.4) is 0 Å². The number of amides is 1. The van der Waals surface area contributed by atoms with Gasteiger partial charge in [0.2, 0.25) is 5.91 Å². The van der Waals surface area contributed by atoms with Gasteiger partial charge in [0.15, 0.2) is 0 Å². The number of rotatable bonds is 2. The van der Waals surface area contributed by atoms with E-state index >= 15 is 0 Å². The molecule has 1 atom stereocenters. The van der Waals surface area contributed by atoms with Crippen molar-refractivity contribution in [1.82, 2.24) is 5.32 Å². The van der Waals surface area contributed by atoms with E-state index in [4.69, 9.17) is 4.74 Å². The van der Waals surface area contributed by atoms with Gasteiger partial charge in [-0.25, -0.2) is 0 Å². The molecule has 3 nitrogen and oxygen atoms in total. The maximum Gasteiger partial charge on any atom is 0.232 e. The minimum Gasteiger partial charge on any atom is -0.381 e. The van der Waals surface area contributed by atoms with Crippen LogP contribution in [-0.2, 0) is 9.53 Å². The smallest absolute Gasteiger partial charge is 0.232 e. The number of nitrogens with one attached hydrogen (secondary N) is 1. The lowest BCUT2D eigenvalue weighted by Gasteiger charge is -2.23. The van der Waals surface area contributed by atoms with E-state index in [-0.39, 0.29) is 9.83 Å². The van der Waals surface area contributed by atoms with E-state index in [0.29, 0.717) is 6.04 Å². The molecular weight excluding hydrogens is 269 g/mol. The molecule has 1 heterocycles.